The zero-order valence-electron chi connectivity index (χ0n) is 15.3. The number of amides is 1. The van der Waals surface area contributed by atoms with Gasteiger partial charge in [-0.1, -0.05) is 42.5 Å². The van der Waals surface area contributed by atoms with E-state index in [0.29, 0.717) is 23.2 Å². The van der Waals surface area contributed by atoms with Gasteiger partial charge in [0.05, 0.1) is 0 Å². The predicted octanol–water partition coefficient (Wildman–Crippen LogP) is 3.89. The number of carbonyl (C=O) groups excluding carboxylic acids is 2. The number of anilines is 1. The monoisotopic (exact) mass is 356 g/mol. The van der Waals surface area contributed by atoms with Crippen molar-refractivity contribution in [1.82, 2.24) is 5.32 Å². The molecule has 4 rings (SSSR count). The molecule has 1 aliphatic carbocycles. The topological polar surface area (TPSA) is 49.4 Å². The normalized spacial score (nSPS) is 11.7. The fraction of sp³-hybridized carbons (Fsp3) is 0.130. The molecule has 0 atom stereocenters. The van der Waals surface area contributed by atoms with Crippen molar-refractivity contribution in [2.24, 2.45) is 0 Å². The third-order valence-electron chi connectivity index (χ3n) is 4.87. The fourth-order valence-electron chi connectivity index (χ4n) is 3.40. The molecular weight excluding hydrogens is 336 g/mol. The SMILES string of the molecule is CN(C)c1cccc(CNC(=O)c2ccc3c(c2)C(=O)c2ccccc2-3)c1. The second-order valence-corrected chi connectivity index (χ2v) is 6.88. The van der Waals surface area contributed by atoms with Crippen molar-refractivity contribution in [3.8, 4) is 11.1 Å². The number of rotatable bonds is 4. The van der Waals surface area contributed by atoms with E-state index in [1.807, 2.05) is 73.6 Å². The summed E-state index contributed by atoms with van der Waals surface area (Å²) in [6, 6.07) is 20.9. The van der Waals surface area contributed by atoms with Gasteiger partial charge in [-0.15, -0.1) is 0 Å². The zero-order chi connectivity index (χ0) is 19.0. The molecule has 0 bridgehead atoms. The van der Waals surface area contributed by atoms with Crippen LogP contribution >= 0.6 is 0 Å². The molecule has 3 aromatic rings. The van der Waals surface area contributed by atoms with Gasteiger partial charge in [0.25, 0.3) is 5.91 Å². The Labute approximate surface area is 158 Å². The van der Waals surface area contributed by atoms with E-state index in [-0.39, 0.29) is 11.7 Å². The van der Waals surface area contributed by atoms with Gasteiger partial charge in [0, 0.05) is 43.0 Å². The van der Waals surface area contributed by atoms with Crippen LogP contribution in [-0.2, 0) is 6.54 Å². The molecule has 0 saturated heterocycles. The predicted molar refractivity (Wildman–Crippen MR) is 107 cm³/mol. The maximum absolute atomic E-state index is 12.6. The van der Waals surface area contributed by atoms with Gasteiger partial charge in [-0.05, 0) is 41.0 Å². The molecule has 0 aromatic heterocycles. The van der Waals surface area contributed by atoms with Crippen LogP contribution in [-0.4, -0.2) is 25.8 Å². The van der Waals surface area contributed by atoms with Gasteiger partial charge in [-0.3, -0.25) is 9.59 Å². The van der Waals surface area contributed by atoms with Crippen molar-refractivity contribution in [1.29, 1.82) is 0 Å². The molecule has 1 N–H and O–H groups in total. The molecule has 0 radical (unpaired) electrons. The number of hydrogen-bond acceptors (Lipinski definition) is 3. The van der Waals surface area contributed by atoms with E-state index in [4.69, 9.17) is 0 Å². The number of fused-ring (bicyclic) bond motifs is 3. The van der Waals surface area contributed by atoms with Crippen LogP contribution in [0.4, 0.5) is 5.69 Å². The summed E-state index contributed by atoms with van der Waals surface area (Å²) in [4.78, 5) is 27.2. The van der Waals surface area contributed by atoms with Crippen LogP contribution in [0.15, 0.2) is 66.7 Å². The van der Waals surface area contributed by atoms with Crippen LogP contribution in [0.2, 0.25) is 0 Å². The summed E-state index contributed by atoms with van der Waals surface area (Å²) in [5.74, 6) is -0.203. The Balaban J connectivity index is 1.53. The molecule has 4 heteroatoms. The van der Waals surface area contributed by atoms with E-state index in [1.54, 1.807) is 12.1 Å². The van der Waals surface area contributed by atoms with Crippen LogP contribution in [0.25, 0.3) is 11.1 Å². The summed E-state index contributed by atoms with van der Waals surface area (Å²) in [6.45, 7) is 0.436. The van der Waals surface area contributed by atoms with Gasteiger partial charge in [-0.25, -0.2) is 0 Å². The highest BCUT2D eigenvalue weighted by Gasteiger charge is 2.26. The number of ketones is 1. The van der Waals surface area contributed by atoms with Gasteiger partial charge in [0.2, 0.25) is 0 Å². The minimum absolute atomic E-state index is 0.0195. The van der Waals surface area contributed by atoms with E-state index < -0.39 is 0 Å². The zero-order valence-corrected chi connectivity index (χ0v) is 15.3. The van der Waals surface area contributed by atoms with Gasteiger partial charge >= 0.3 is 0 Å². The van der Waals surface area contributed by atoms with Crippen molar-refractivity contribution >= 4 is 17.4 Å². The van der Waals surface area contributed by atoms with Crippen molar-refractivity contribution < 1.29 is 9.59 Å². The van der Waals surface area contributed by atoms with E-state index in [1.165, 1.54) is 0 Å². The van der Waals surface area contributed by atoms with Crippen molar-refractivity contribution in [3.05, 3.63) is 89.0 Å². The lowest BCUT2D eigenvalue weighted by atomic mass is 10.0. The lowest BCUT2D eigenvalue weighted by Gasteiger charge is -2.14. The first-order valence-electron chi connectivity index (χ1n) is 8.87. The molecule has 27 heavy (non-hydrogen) atoms. The van der Waals surface area contributed by atoms with Gasteiger partial charge in [0.1, 0.15) is 0 Å². The number of hydrogen-bond donors (Lipinski definition) is 1. The van der Waals surface area contributed by atoms with E-state index in [0.717, 1.165) is 22.4 Å². The Hall–Kier alpha value is -3.40. The van der Waals surface area contributed by atoms with Gasteiger partial charge in [-0.2, -0.15) is 0 Å². The molecule has 0 saturated carbocycles. The summed E-state index contributed by atoms with van der Waals surface area (Å²) < 4.78 is 0. The summed E-state index contributed by atoms with van der Waals surface area (Å²) in [7, 11) is 3.97. The van der Waals surface area contributed by atoms with Crippen LogP contribution in [0.1, 0.15) is 31.8 Å². The average molecular weight is 356 g/mol. The third kappa shape index (κ3) is 3.10. The Kier molecular flexibility index (Phi) is 4.24. The highest BCUT2D eigenvalue weighted by atomic mass is 16.1. The van der Waals surface area contributed by atoms with Crippen molar-refractivity contribution in [3.63, 3.8) is 0 Å². The summed E-state index contributed by atoms with van der Waals surface area (Å²) in [6.07, 6.45) is 0. The van der Waals surface area contributed by atoms with Gasteiger partial charge < -0.3 is 10.2 Å². The summed E-state index contributed by atoms with van der Waals surface area (Å²) in [5.41, 5.74) is 5.74. The number of nitrogens with one attached hydrogen (secondary N) is 1. The number of nitrogens with zero attached hydrogens (tertiary/aromatic N) is 1. The molecule has 3 aromatic carbocycles. The molecule has 1 aliphatic rings. The minimum Gasteiger partial charge on any atom is -0.378 e. The number of benzene rings is 3. The molecule has 0 heterocycles. The molecule has 0 unspecified atom stereocenters. The van der Waals surface area contributed by atoms with Crippen LogP contribution < -0.4 is 10.2 Å². The standard InChI is InChI=1S/C23H20N2O2/c1-25(2)17-7-5-6-15(12-17)14-24-23(27)16-10-11-19-18-8-3-4-9-20(18)22(26)21(19)13-16/h3-13H,14H2,1-2H3,(H,24,27). The average Bonchev–Trinajstić information content (AvgIpc) is 2.98. The Bertz CT molecular complexity index is 1050. The Morgan fingerprint density at radius 1 is 0.852 bits per heavy atom. The van der Waals surface area contributed by atoms with Crippen LogP contribution in [0.5, 0.6) is 0 Å². The Morgan fingerprint density at radius 2 is 1.59 bits per heavy atom. The van der Waals surface area contributed by atoms with E-state index in [2.05, 4.69) is 5.32 Å². The lowest BCUT2D eigenvalue weighted by Crippen LogP contribution is -2.23. The fourth-order valence-corrected chi connectivity index (χ4v) is 3.40. The van der Waals surface area contributed by atoms with E-state index >= 15 is 0 Å². The largest absolute Gasteiger partial charge is 0.378 e. The highest BCUT2D eigenvalue weighted by Crippen LogP contribution is 2.36. The van der Waals surface area contributed by atoms with E-state index in [9.17, 15) is 9.59 Å². The van der Waals surface area contributed by atoms with Crippen LogP contribution in [0.3, 0.4) is 0 Å². The third-order valence-corrected chi connectivity index (χ3v) is 4.87. The molecule has 1 amide bonds. The molecule has 0 spiro atoms. The lowest BCUT2D eigenvalue weighted by molar-refractivity contribution is 0.0951. The van der Waals surface area contributed by atoms with Crippen LogP contribution in [0, 0.1) is 0 Å². The highest BCUT2D eigenvalue weighted by molar-refractivity contribution is 6.22. The first-order chi connectivity index (χ1) is 13.0. The number of carbonyl (C=O) groups is 2. The molecule has 0 aliphatic heterocycles. The first-order valence-corrected chi connectivity index (χ1v) is 8.87. The summed E-state index contributed by atoms with van der Waals surface area (Å²) in [5, 5.41) is 2.94. The first kappa shape index (κ1) is 17.0. The molecule has 4 nitrogen and oxygen atoms in total. The second-order valence-electron chi connectivity index (χ2n) is 6.88. The smallest absolute Gasteiger partial charge is 0.251 e. The molecule has 134 valence electrons. The Morgan fingerprint density at radius 3 is 2.37 bits per heavy atom. The quantitative estimate of drug-likeness (QED) is 0.603. The maximum atomic E-state index is 12.6. The molecular formula is C23H20N2O2. The molecule has 0 fully saturated rings. The second kappa shape index (κ2) is 6.72. The maximum Gasteiger partial charge on any atom is 0.251 e. The van der Waals surface area contributed by atoms with Gasteiger partial charge in [0.15, 0.2) is 5.78 Å². The van der Waals surface area contributed by atoms with Crippen molar-refractivity contribution in [2.45, 2.75) is 6.54 Å². The summed E-state index contributed by atoms with van der Waals surface area (Å²) >= 11 is 0. The minimum atomic E-state index is -0.184. The van der Waals surface area contributed by atoms with Crippen molar-refractivity contribution in [2.75, 3.05) is 19.0 Å².